The maximum atomic E-state index is 13.3. The zero-order chi connectivity index (χ0) is 14.0. The van der Waals surface area contributed by atoms with E-state index >= 15 is 0 Å². The Morgan fingerprint density at radius 1 is 1.16 bits per heavy atom. The van der Waals surface area contributed by atoms with E-state index in [9.17, 15) is 22.4 Å². The van der Waals surface area contributed by atoms with Gasteiger partial charge in [-0.3, -0.25) is 14.5 Å². The molecule has 2 aromatic rings. The second kappa shape index (κ2) is 4.69. The number of benzene rings is 1. The van der Waals surface area contributed by atoms with Gasteiger partial charge in [-0.05, 0) is 12.1 Å². The highest BCUT2D eigenvalue weighted by atomic mass is 32.2. The summed E-state index contributed by atoms with van der Waals surface area (Å²) in [5.74, 6) is -0.785. The average molecular weight is 285 g/mol. The quantitative estimate of drug-likeness (QED) is 0.737. The predicted octanol–water partition coefficient (Wildman–Crippen LogP) is 0.00310. The minimum Gasteiger partial charge on any atom is -0.313 e. The van der Waals surface area contributed by atoms with Crippen molar-refractivity contribution < 1.29 is 12.8 Å². The van der Waals surface area contributed by atoms with Gasteiger partial charge in [-0.25, -0.2) is 17.6 Å². The molecule has 0 atom stereocenters. The molecule has 0 aliphatic carbocycles. The zero-order valence-electron chi connectivity index (χ0n) is 9.31. The van der Waals surface area contributed by atoms with Crippen molar-refractivity contribution in [1.29, 1.82) is 0 Å². The number of sulfonamides is 1. The Balaban J connectivity index is 2.47. The average Bonchev–Trinajstić information content (AvgIpc) is 2.31. The molecule has 0 amide bonds. The van der Waals surface area contributed by atoms with E-state index in [4.69, 9.17) is 0 Å². The standard InChI is InChI=1S/C10H8FN3O4S/c11-6-3-1-2-4-7(6)14-19(17,18)8-5-12-10(16)13-9(8)15/h1-5,14H,(H2,12,13,15,16). The molecule has 0 saturated carbocycles. The zero-order valence-corrected chi connectivity index (χ0v) is 10.1. The number of rotatable bonds is 3. The first-order valence-corrected chi connectivity index (χ1v) is 6.48. The van der Waals surface area contributed by atoms with Crippen LogP contribution in [-0.2, 0) is 10.0 Å². The summed E-state index contributed by atoms with van der Waals surface area (Å²) in [6.07, 6.45) is 0.740. The summed E-state index contributed by atoms with van der Waals surface area (Å²) in [5, 5.41) is 0. The molecule has 0 spiro atoms. The molecule has 100 valence electrons. The number of hydrogen-bond acceptors (Lipinski definition) is 4. The minimum atomic E-state index is -4.29. The van der Waals surface area contributed by atoms with E-state index in [-0.39, 0.29) is 5.69 Å². The molecule has 1 aromatic heterocycles. The molecule has 2 rings (SSSR count). The van der Waals surface area contributed by atoms with E-state index in [2.05, 4.69) is 0 Å². The first kappa shape index (κ1) is 13.0. The Bertz CT molecular complexity index is 825. The summed E-state index contributed by atoms with van der Waals surface area (Å²) in [5.41, 5.74) is -2.23. The molecule has 7 nitrogen and oxygen atoms in total. The molecule has 0 fully saturated rings. The lowest BCUT2D eigenvalue weighted by Gasteiger charge is -2.07. The molecule has 0 unspecified atom stereocenters. The normalized spacial score (nSPS) is 11.2. The Morgan fingerprint density at radius 3 is 2.47 bits per heavy atom. The monoisotopic (exact) mass is 285 g/mol. The van der Waals surface area contributed by atoms with Gasteiger partial charge in [-0.2, -0.15) is 0 Å². The van der Waals surface area contributed by atoms with Crippen molar-refractivity contribution in [3.05, 3.63) is 57.1 Å². The van der Waals surface area contributed by atoms with Gasteiger partial charge < -0.3 is 4.98 Å². The number of para-hydroxylation sites is 1. The van der Waals surface area contributed by atoms with Crippen LogP contribution in [0.15, 0.2) is 44.9 Å². The number of nitrogens with one attached hydrogen (secondary N) is 3. The van der Waals surface area contributed by atoms with Crippen LogP contribution in [0, 0.1) is 5.82 Å². The fourth-order valence-corrected chi connectivity index (χ4v) is 2.41. The summed E-state index contributed by atoms with van der Waals surface area (Å²) in [6.45, 7) is 0. The van der Waals surface area contributed by atoms with Gasteiger partial charge >= 0.3 is 5.69 Å². The van der Waals surface area contributed by atoms with Gasteiger partial charge in [-0.15, -0.1) is 0 Å². The van der Waals surface area contributed by atoms with Gasteiger partial charge in [0.2, 0.25) is 0 Å². The van der Waals surface area contributed by atoms with Gasteiger partial charge in [0.25, 0.3) is 15.6 Å². The van der Waals surface area contributed by atoms with Crippen LogP contribution in [0.5, 0.6) is 0 Å². The lowest BCUT2D eigenvalue weighted by molar-refractivity contribution is 0.596. The van der Waals surface area contributed by atoms with E-state index in [1.54, 1.807) is 4.98 Å². The smallest absolute Gasteiger partial charge is 0.313 e. The van der Waals surface area contributed by atoms with Crippen LogP contribution in [-0.4, -0.2) is 18.4 Å². The number of anilines is 1. The summed E-state index contributed by atoms with van der Waals surface area (Å²) in [4.78, 5) is 25.2. The number of aromatic amines is 2. The van der Waals surface area contributed by atoms with Crippen LogP contribution in [0.25, 0.3) is 0 Å². The first-order chi connectivity index (χ1) is 8.90. The van der Waals surface area contributed by atoms with Gasteiger partial charge in [0.15, 0.2) is 4.90 Å². The lowest BCUT2D eigenvalue weighted by Crippen LogP contribution is -2.29. The summed E-state index contributed by atoms with van der Waals surface area (Å²) >= 11 is 0. The fourth-order valence-electron chi connectivity index (χ4n) is 1.34. The van der Waals surface area contributed by atoms with E-state index < -0.39 is 32.0 Å². The molecular formula is C10H8FN3O4S. The SMILES string of the molecule is O=c1[nH]cc(S(=O)(=O)Nc2ccccc2F)c(=O)[nH]1. The molecule has 0 aliphatic heterocycles. The Labute approximate surface area is 106 Å². The predicted molar refractivity (Wildman–Crippen MR) is 64.9 cm³/mol. The van der Waals surface area contributed by atoms with Crippen LogP contribution in [0.3, 0.4) is 0 Å². The Hall–Kier alpha value is -2.42. The number of aromatic nitrogens is 2. The second-order valence-corrected chi connectivity index (χ2v) is 5.17. The van der Waals surface area contributed by atoms with Crippen molar-refractivity contribution >= 4 is 15.7 Å². The van der Waals surface area contributed by atoms with Crippen LogP contribution < -0.4 is 16.0 Å². The molecule has 3 N–H and O–H groups in total. The van der Waals surface area contributed by atoms with Crippen molar-refractivity contribution in [2.24, 2.45) is 0 Å². The van der Waals surface area contributed by atoms with Crippen molar-refractivity contribution in [2.45, 2.75) is 4.90 Å². The van der Waals surface area contributed by atoms with Gasteiger partial charge in [0.05, 0.1) is 5.69 Å². The van der Waals surface area contributed by atoms with Crippen LogP contribution >= 0.6 is 0 Å². The molecule has 19 heavy (non-hydrogen) atoms. The largest absolute Gasteiger partial charge is 0.325 e. The van der Waals surface area contributed by atoms with Crippen molar-refractivity contribution in [2.75, 3.05) is 4.72 Å². The van der Waals surface area contributed by atoms with Crippen LogP contribution in [0.1, 0.15) is 0 Å². The van der Waals surface area contributed by atoms with Crippen molar-refractivity contribution in [1.82, 2.24) is 9.97 Å². The maximum absolute atomic E-state index is 13.3. The van der Waals surface area contributed by atoms with E-state index in [1.165, 1.54) is 18.2 Å². The molecule has 0 bridgehead atoms. The molecule has 9 heteroatoms. The highest BCUT2D eigenvalue weighted by Crippen LogP contribution is 2.16. The minimum absolute atomic E-state index is 0.298. The van der Waals surface area contributed by atoms with Gasteiger partial charge in [0.1, 0.15) is 5.82 Å². The molecule has 1 heterocycles. The highest BCUT2D eigenvalue weighted by Gasteiger charge is 2.20. The number of halogens is 1. The Kier molecular flexibility index (Phi) is 3.21. The molecular weight excluding hydrogens is 277 g/mol. The van der Waals surface area contributed by atoms with Crippen LogP contribution in [0.2, 0.25) is 0 Å². The number of hydrogen-bond donors (Lipinski definition) is 3. The van der Waals surface area contributed by atoms with Gasteiger partial charge in [-0.1, -0.05) is 12.1 Å². The molecule has 1 aromatic carbocycles. The number of H-pyrrole nitrogens is 2. The molecule has 0 radical (unpaired) electrons. The van der Waals surface area contributed by atoms with E-state index in [0.29, 0.717) is 0 Å². The third-order valence-corrected chi connectivity index (χ3v) is 3.56. The second-order valence-electron chi connectivity index (χ2n) is 3.52. The fraction of sp³-hybridized carbons (Fsp3) is 0. The van der Waals surface area contributed by atoms with Gasteiger partial charge in [0, 0.05) is 6.20 Å². The van der Waals surface area contributed by atoms with Crippen molar-refractivity contribution in [3.63, 3.8) is 0 Å². The van der Waals surface area contributed by atoms with E-state index in [1.807, 2.05) is 9.71 Å². The third-order valence-electron chi connectivity index (χ3n) is 2.19. The summed E-state index contributed by atoms with van der Waals surface area (Å²) in [6, 6.07) is 5.08. The summed E-state index contributed by atoms with van der Waals surface area (Å²) in [7, 11) is -4.29. The maximum Gasteiger partial charge on any atom is 0.325 e. The summed E-state index contributed by atoms with van der Waals surface area (Å²) < 4.78 is 39.0. The lowest BCUT2D eigenvalue weighted by atomic mass is 10.3. The third kappa shape index (κ3) is 2.71. The molecule has 0 saturated heterocycles. The molecule has 0 aliphatic rings. The van der Waals surface area contributed by atoms with Crippen LogP contribution in [0.4, 0.5) is 10.1 Å². The topological polar surface area (TPSA) is 112 Å². The van der Waals surface area contributed by atoms with E-state index in [0.717, 1.165) is 12.3 Å². The van der Waals surface area contributed by atoms with Crippen molar-refractivity contribution in [3.8, 4) is 0 Å². The first-order valence-electron chi connectivity index (χ1n) is 4.99. The highest BCUT2D eigenvalue weighted by molar-refractivity contribution is 7.92. The Morgan fingerprint density at radius 2 is 1.84 bits per heavy atom.